The first-order valence-corrected chi connectivity index (χ1v) is 16.0. The molecule has 6 heterocycles. The number of fused-ring (bicyclic) bond motifs is 2. The third-order valence-electron chi connectivity index (χ3n) is 5.70. The highest BCUT2D eigenvalue weighted by molar-refractivity contribution is 7.92. The minimum absolute atomic E-state index is 0.00917. The van der Waals surface area contributed by atoms with Gasteiger partial charge in [-0.05, 0) is 14.1 Å². The van der Waals surface area contributed by atoms with E-state index in [0.29, 0.717) is 21.1 Å². The zero-order valence-electron chi connectivity index (χ0n) is 21.1. The van der Waals surface area contributed by atoms with E-state index >= 15 is 0 Å². The molecule has 4 aromatic rings. The van der Waals surface area contributed by atoms with Gasteiger partial charge in [0.25, 0.3) is 0 Å². The molecular weight excluding hydrogens is 591 g/mol. The summed E-state index contributed by atoms with van der Waals surface area (Å²) in [5.74, 6) is 0. The van der Waals surface area contributed by atoms with Crippen LogP contribution in [0, 0.1) is 0 Å². The number of halogens is 2. The number of aromatic nitrogens is 6. The second kappa shape index (κ2) is 13.0. The number of hydrogen-bond donors (Lipinski definition) is 1. The van der Waals surface area contributed by atoms with Crippen molar-refractivity contribution in [3.63, 3.8) is 0 Å². The van der Waals surface area contributed by atoms with Crippen molar-refractivity contribution in [3.8, 4) is 0 Å². The van der Waals surface area contributed by atoms with Gasteiger partial charge in [-0.2, -0.15) is 4.98 Å². The van der Waals surface area contributed by atoms with Crippen LogP contribution in [0.15, 0.2) is 17.0 Å². The van der Waals surface area contributed by atoms with E-state index in [2.05, 4.69) is 64.0 Å². The molecule has 4 aromatic heterocycles. The van der Waals surface area contributed by atoms with Gasteiger partial charge in [-0.15, -0.1) is 0 Å². The van der Waals surface area contributed by atoms with Crippen molar-refractivity contribution in [1.29, 1.82) is 0 Å². The molecule has 0 saturated carbocycles. The van der Waals surface area contributed by atoms with Crippen LogP contribution < -0.4 is 10.2 Å². The molecule has 0 bridgehead atoms. The third kappa shape index (κ3) is 7.63. The fourth-order valence-corrected chi connectivity index (χ4v) is 6.67. The average molecular weight is 620 g/mol. The number of sulfone groups is 1. The van der Waals surface area contributed by atoms with Gasteiger partial charge in [-0.3, -0.25) is 0 Å². The minimum Gasteiger partial charge on any atom is -0.345 e. The maximum Gasteiger partial charge on any atom is 0.211 e. The fourth-order valence-electron chi connectivity index (χ4n) is 3.49. The van der Waals surface area contributed by atoms with E-state index < -0.39 is 9.84 Å². The molecule has 0 aliphatic carbocycles. The largest absolute Gasteiger partial charge is 0.345 e. The minimum atomic E-state index is -3.30. The van der Waals surface area contributed by atoms with E-state index in [1.165, 1.54) is 25.7 Å². The van der Waals surface area contributed by atoms with Gasteiger partial charge in [0.15, 0.2) is 26.7 Å². The Morgan fingerprint density at radius 2 is 1.32 bits per heavy atom. The standard InChI is InChI=1S/C10H12ClN5S.C6H4ClN3O2S2.C5H12N2/c1-15-2-4-16(5-3-15)10-14-9-7(17-10)8(11)12-6-13-9;1-14(11,12)6-10-5-3(13-6)4(7)8-2-9-5;1-7-4-2-6-3-5-7/h6H,2-5H2,1H3;2H,1H3;6H,2-5H2,1H3. The molecule has 2 saturated heterocycles. The van der Waals surface area contributed by atoms with Crippen molar-refractivity contribution in [3.05, 3.63) is 23.0 Å². The van der Waals surface area contributed by atoms with Crippen LogP contribution in [0.3, 0.4) is 0 Å². The van der Waals surface area contributed by atoms with Gasteiger partial charge in [0.05, 0.1) is 0 Å². The van der Waals surface area contributed by atoms with Crippen LogP contribution in [-0.2, 0) is 9.84 Å². The van der Waals surface area contributed by atoms with Crippen molar-refractivity contribution in [2.75, 3.05) is 77.6 Å². The van der Waals surface area contributed by atoms with E-state index in [4.69, 9.17) is 23.2 Å². The van der Waals surface area contributed by atoms with Gasteiger partial charge in [0.2, 0.25) is 14.2 Å². The molecular formula is C21H28Cl2N10O2S3. The Morgan fingerprint density at radius 3 is 1.79 bits per heavy atom. The highest BCUT2D eigenvalue weighted by atomic mass is 35.5. The van der Waals surface area contributed by atoms with Crippen LogP contribution >= 0.6 is 45.9 Å². The summed E-state index contributed by atoms with van der Waals surface area (Å²) >= 11 is 14.3. The Balaban J connectivity index is 0.000000144. The van der Waals surface area contributed by atoms with Gasteiger partial charge >= 0.3 is 0 Å². The molecule has 12 nitrogen and oxygen atoms in total. The zero-order chi connectivity index (χ0) is 27.3. The lowest BCUT2D eigenvalue weighted by Crippen LogP contribution is -2.44. The SMILES string of the molecule is CN1CCN(c2nc3ncnc(Cl)c3s2)CC1.CN1CCNCC1.CS(=O)(=O)c1nc2ncnc(Cl)c2s1. The first-order valence-electron chi connectivity index (χ1n) is 11.7. The lowest BCUT2D eigenvalue weighted by molar-refractivity contribution is 0.291. The van der Waals surface area contributed by atoms with Crippen molar-refractivity contribution in [2.45, 2.75) is 4.34 Å². The first kappa shape index (κ1) is 29.1. The van der Waals surface area contributed by atoms with Crippen LogP contribution in [0.1, 0.15) is 0 Å². The van der Waals surface area contributed by atoms with Gasteiger partial charge in [0, 0.05) is 58.6 Å². The van der Waals surface area contributed by atoms with E-state index in [0.717, 1.165) is 66.7 Å². The summed E-state index contributed by atoms with van der Waals surface area (Å²) in [6.07, 6.45) is 3.79. The molecule has 38 heavy (non-hydrogen) atoms. The highest BCUT2D eigenvalue weighted by Crippen LogP contribution is 2.31. The topological polar surface area (TPSA) is 133 Å². The van der Waals surface area contributed by atoms with Crippen molar-refractivity contribution >= 4 is 81.5 Å². The van der Waals surface area contributed by atoms with Crippen molar-refractivity contribution in [2.24, 2.45) is 0 Å². The number of nitrogens with one attached hydrogen (secondary N) is 1. The second-order valence-electron chi connectivity index (χ2n) is 8.73. The molecule has 1 N–H and O–H groups in total. The van der Waals surface area contributed by atoms with Crippen molar-refractivity contribution in [1.82, 2.24) is 45.0 Å². The van der Waals surface area contributed by atoms with Crippen LogP contribution in [0.4, 0.5) is 5.13 Å². The van der Waals surface area contributed by atoms with Gasteiger partial charge in [-0.1, -0.05) is 45.9 Å². The quantitative estimate of drug-likeness (QED) is 0.330. The molecule has 0 spiro atoms. The molecule has 17 heteroatoms. The van der Waals surface area contributed by atoms with E-state index in [1.807, 2.05) is 0 Å². The normalized spacial score (nSPS) is 17.1. The Morgan fingerprint density at radius 1 is 0.789 bits per heavy atom. The lowest BCUT2D eigenvalue weighted by atomic mass is 10.3. The molecule has 0 amide bonds. The Hall–Kier alpha value is -1.85. The van der Waals surface area contributed by atoms with Crippen LogP contribution in [-0.4, -0.2) is 121 Å². The number of thiazole rings is 2. The molecule has 0 atom stereocenters. The summed E-state index contributed by atoms with van der Waals surface area (Å²) in [6.45, 7) is 8.88. The monoisotopic (exact) mass is 618 g/mol. The van der Waals surface area contributed by atoms with Crippen molar-refractivity contribution < 1.29 is 8.42 Å². The van der Waals surface area contributed by atoms with Gasteiger partial charge in [-0.25, -0.2) is 33.3 Å². The number of nitrogens with zero attached hydrogens (tertiary/aromatic N) is 9. The summed E-state index contributed by atoms with van der Waals surface area (Å²) in [4.78, 5) is 30.9. The summed E-state index contributed by atoms with van der Waals surface area (Å²) < 4.78 is 23.7. The Labute approximate surface area is 239 Å². The molecule has 2 fully saturated rings. The number of likely N-dealkylation sites (N-methyl/N-ethyl adjacent to an activating group) is 2. The Bertz CT molecular complexity index is 1470. The number of hydrogen-bond acceptors (Lipinski definition) is 14. The molecule has 0 radical (unpaired) electrons. The number of anilines is 1. The summed E-state index contributed by atoms with van der Waals surface area (Å²) in [5, 5.41) is 4.99. The lowest BCUT2D eigenvalue weighted by Gasteiger charge is -2.31. The van der Waals surface area contributed by atoms with Crippen LogP contribution in [0.5, 0.6) is 0 Å². The predicted octanol–water partition coefficient (Wildman–Crippen LogP) is 2.16. The molecule has 206 valence electrons. The van der Waals surface area contributed by atoms with Crippen LogP contribution in [0.2, 0.25) is 10.3 Å². The predicted molar refractivity (Wildman–Crippen MR) is 154 cm³/mol. The third-order valence-corrected chi connectivity index (χ3v) is 10.3. The maximum absolute atomic E-state index is 11.2. The van der Waals surface area contributed by atoms with E-state index in [-0.39, 0.29) is 9.49 Å². The van der Waals surface area contributed by atoms with Crippen LogP contribution in [0.25, 0.3) is 20.7 Å². The smallest absolute Gasteiger partial charge is 0.211 e. The Kier molecular flexibility index (Phi) is 9.97. The molecule has 2 aliphatic heterocycles. The fraction of sp³-hybridized carbons (Fsp3) is 0.524. The first-order chi connectivity index (χ1) is 18.1. The molecule has 0 aromatic carbocycles. The number of piperazine rings is 2. The maximum atomic E-state index is 11.2. The average Bonchev–Trinajstić information content (AvgIpc) is 3.52. The summed E-state index contributed by atoms with van der Waals surface area (Å²) in [6, 6.07) is 0. The van der Waals surface area contributed by atoms with Gasteiger partial charge in [0.1, 0.15) is 22.1 Å². The second-order valence-corrected chi connectivity index (χ2v) is 13.6. The van der Waals surface area contributed by atoms with E-state index in [9.17, 15) is 8.42 Å². The molecule has 0 unspecified atom stereocenters. The number of rotatable bonds is 2. The zero-order valence-corrected chi connectivity index (χ0v) is 25.1. The molecule has 2 aliphatic rings. The van der Waals surface area contributed by atoms with Gasteiger partial charge < -0.3 is 20.0 Å². The summed E-state index contributed by atoms with van der Waals surface area (Å²) in [5.41, 5.74) is 1.01. The van der Waals surface area contributed by atoms with E-state index in [1.54, 1.807) is 11.3 Å². The molecule has 6 rings (SSSR count). The summed E-state index contributed by atoms with van der Waals surface area (Å²) in [7, 11) is 0.990. The highest BCUT2D eigenvalue weighted by Gasteiger charge is 2.19.